The van der Waals surface area contributed by atoms with Crippen LogP contribution in [0.1, 0.15) is 26.6 Å². The van der Waals surface area contributed by atoms with Gasteiger partial charge in [0.2, 0.25) is 0 Å². The maximum Gasteiger partial charge on any atom is 0.261 e. The Balaban J connectivity index is 1.40. The minimum atomic E-state index is -3.79. The number of benzene rings is 2. The number of amides is 1. The smallest absolute Gasteiger partial charge is 0.261 e. The quantitative estimate of drug-likeness (QED) is 0.596. The van der Waals surface area contributed by atoms with E-state index in [1.165, 1.54) is 12.1 Å². The number of aromatic nitrogens is 1. The molecule has 2 heterocycles. The average Bonchev–Trinajstić information content (AvgIpc) is 3.20. The number of nitrogens with zero attached hydrogens (tertiary/aromatic N) is 3. The highest BCUT2D eigenvalue weighted by atomic mass is 32.2. The molecule has 1 amide bonds. The summed E-state index contributed by atoms with van der Waals surface area (Å²) in [7, 11) is -3.79. The van der Waals surface area contributed by atoms with E-state index in [0.29, 0.717) is 24.3 Å². The molecule has 0 saturated carbocycles. The molecule has 1 fully saturated rings. The number of aryl methyl sites for hydroxylation is 2. The number of hydrogen-bond donors (Lipinski definition) is 1. The number of piperazine rings is 1. The number of rotatable bonds is 6. The SMILES string of the molecule is Cc1ccc(NS(=O)(=O)c2cccc(C(=O)N3CCN(Cc4csc(C)n4)CC3)c2)cc1. The maximum atomic E-state index is 13.0. The van der Waals surface area contributed by atoms with Crippen molar-refractivity contribution in [2.75, 3.05) is 30.9 Å². The number of hydrogen-bond acceptors (Lipinski definition) is 6. The molecule has 1 aliphatic rings. The van der Waals surface area contributed by atoms with E-state index in [1.54, 1.807) is 40.5 Å². The molecule has 0 spiro atoms. The number of thiazole rings is 1. The highest BCUT2D eigenvalue weighted by Crippen LogP contribution is 2.19. The van der Waals surface area contributed by atoms with E-state index in [1.807, 2.05) is 26.0 Å². The van der Waals surface area contributed by atoms with E-state index < -0.39 is 10.0 Å². The first kappa shape index (κ1) is 22.4. The average molecular weight is 471 g/mol. The second-order valence-corrected chi connectivity index (χ2v) is 10.7. The van der Waals surface area contributed by atoms with Crippen molar-refractivity contribution in [3.05, 3.63) is 75.7 Å². The second-order valence-electron chi connectivity index (χ2n) is 7.93. The van der Waals surface area contributed by atoms with Crippen LogP contribution in [0.4, 0.5) is 5.69 Å². The number of carbonyl (C=O) groups is 1. The Morgan fingerprint density at radius 2 is 1.78 bits per heavy atom. The van der Waals surface area contributed by atoms with Gasteiger partial charge < -0.3 is 4.90 Å². The van der Waals surface area contributed by atoms with Gasteiger partial charge in [0.05, 0.1) is 15.6 Å². The predicted octanol–water partition coefficient (Wildman–Crippen LogP) is 3.52. The molecule has 168 valence electrons. The fourth-order valence-electron chi connectivity index (χ4n) is 3.63. The second kappa shape index (κ2) is 9.40. The van der Waals surface area contributed by atoms with Crippen LogP contribution in [0.5, 0.6) is 0 Å². The molecule has 7 nitrogen and oxygen atoms in total. The molecule has 1 saturated heterocycles. The molecule has 0 radical (unpaired) electrons. The van der Waals surface area contributed by atoms with E-state index in [4.69, 9.17) is 0 Å². The number of anilines is 1. The number of carbonyl (C=O) groups excluding carboxylic acids is 1. The highest BCUT2D eigenvalue weighted by Gasteiger charge is 2.24. The minimum absolute atomic E-state index is 0.0708. The molecule has 9 heteroatoms. The molecule has 1 N–H and O–H groups in total. The van der Waals surface area contributed by atoms with Crippen molar-refractivity contribution in [2.45, 2.75) is 25.3 Å². The van der Waals surface area contributed by atoms with Crippen LogP contribution in [0.3, 0.4) is 0 Å². The zero-order valence-corrected chi connectivity index (χ0v) is 19.7. The summed E-state index contributed by atoms with van der Waals surface area (Å²) in [6.07, 6.45) is 0. The molecule has 1 aliphatic heterocycles. The van der Waals surface area contributed by atoms with Gasteiger partial charge in [-0.1, -0.05) is 23.8 Å². The first-order valence-electron chi connectivity index (χ1n) is 10.4. The van der Waals surface area contributed by atoms with Gasteiger partial charge >= 0.3 is 0 Å². The Bertz CT molecular complexity index is 1200. The van der Waals surface area contributed by atoms with Crippen LogP contribution in [-0.4, -0.2) is 55.3 Å². The van der Waals surface area contributed by atoms with Gasteiger partial charge in [0.1, 0.15) is 0 Å². The molecule has 0 unspecified atom stereocenters. The van der Waals surface area contributed by atoms with Gasteiger partial charge in [0, 0.05) is 49.4 Å². The first-order chi connectivity index (χ1) is 15.3. The normalized spacial score (nSPS) is 15.0. The van der Waals surface area contributed by atoms with Crippen molar-refractivity contribution in [3.8, 4) is 0 Å². The van der Waals surface area contributed by atoms with Crippen LogP contribution < -0.4 is 4.72 Å². The Hall–Kier alpha value is -2.75. The van der Waals surface area contributed by atoms with Crippen LogP contribution in [0.2, 0.25) is 0 Å². The highest BCUT2D eigenvalue weighted by molar-refractivity contribution is 7.92. The Labute approximate surface area is 192 Å². The zero-order chi connectivity index (χ0) is 22.7. The fourth-order valence-corrected chi connectivity index (χ4v) is 5.34. The summed E-state index contributed by atoms with van der Waals surface area (Å²) in [6.45, 7) is 7.43. The third-order valence-corrected chi connectivity index (χ3v) is 7.61. The van der Waals surface area contributed by atoms with E-state index in [0.717, 1.165) is 35.9 Å². The van der Waals surface area contributed by atoms with Gasteiger partial charge in [0.25, 0.3) is 15.9 Å². The van der Waals surface area contributed by atoms with Gasteiger partial charge in [-0.25, -0.2) is 13.4 Å². The van der Waals surface area contributed by atoms with E-state index in [9.17, 15) is 13.2 Å². The van der Waals surface area contributed by atoms with Crippen molar-refractivity contribution in [3.63, 3.8) is 0 Å². The standard InChI is InChI=1S/C23H26N4O3S2/c1-17-6-8-20(9-7-17)25-32(29,30)22-5-3-4-19(14-22)23(28)27-12-10-26(11-13-27)15-21-16-31-18(2)24-21/h3-9,14,16,25H,10-13,15H2,1-2H3. The minimum Gasteiger partial charge on any atom is -0.336 e. The first-order valence-corrected chi connectivity index (χ1v) is 12.8. The van der Waals surface area contributed by atoms with Crippen molar-refractivity contribution < 1.29 is 13.2 Å². The lowest BCUT2D eigenvalue weighted by Crippen LogP contribution is -2.48. The third-order valence-electron chi connectivity index (χ3n) is 5.41. The van der Waals surface area contributed by atoms with E-state index in [2.05, 4.69) is 20.0 Å². The molecular formula is C23H26N4O3S2. The van der Waals surface area contributed by atoms with Crippen molar-refractivity contribution in [1.29, 1.82) is 0 Å². The summed E-state index contributed by atoms with van der Waals surface area (Å²) in [5, 5.41) is 3.13. The summed E-state index contributed by atoms with van der Waals surface area (Å²) in [5.74, 6) is -0.151. The molecule has 0 atom stereocenters. The Morgan fingerprint density at radius 1 is 1.06 bits per heavy atom. The van der Waals surface area contributed by atoms with Gasteiger partial charge in [-0.3, -0.25) is 14.4 Å². The lowest BCUT2D eigenvalue weighted by Gasteiger charge is -2.34. The van der Waals surface area contributed by atoms with E-state index >= 15 is 0 Å². The van der Waals surface area contributed by atoms with Crippen molar-refractivity contribution in [2.24, 2.45) is 0 Å². The maximum absolute atomic E-state index is 13.0. The molecular weight excluding hydrogens is 444 g/mol. The summed E-state index contributed by atoms with van der Waals surface area (Å²) in [4.78, 5) is 21.7. The lowest BCUT2D eigenvalue weighted by atomic mass is 10.2. The van der Waals surface area contributed by atoms with Crippen LogP contribution in [0, 0.1) is 13.8 Å². The van der Waals surface area contributed by atoms with Crippen molar-refractivity contribution >= 4 is 33.0 Å². The fraction of sp³-hybridized carbons (Fsp3) is 0.304. The Morgan fingerprint density at radius 3 is 2.44 bits per heavy atom. The summed E-state index contributed by atoms with van der Waals surface area (Å²) in [5.41, 5.74) is 2.97. The number of nitrogens with one attached hydrogen (secondary N) is 1. The summed E-state index contributed by atoms with van der Waals surface area (Å²) in [6, 6.07) is 13.3. The van der Waals surface area contributed by atoms with Gasteiger partial charge in [-0.15, -0.1) is 11.3 Å². The largest absolute Gasteiger partial charge is 0.336 e. The summed E-state index contributed by atoms with van der Waals surface area (Å²) < 4.78 is 28.2. The van der Waals surface area contributed by atoms with Crippen molar-refractivity contribution in [1.82, 2.24) is 14.8 Å². The predicted molar refractivity (Wildman–Crippen MR) is 126 cm³/mol. The summed E-state index contributed by atoms with van der Waals surface area (Å²) >= 11 is 1.64. The van der Waals surface area contributed by atoms with Crippen LogP contribution in [0.25, 0.3) is 0 Å². The lowest BCUT2D eigenvalue weighted by molar-refractivity contribution is 0.0627. The van der Waals surface area contributed by atoms with Crippen LogP contribution in [0.15, 0.2) is 58.8 Å². The van der Waals surface area contributed by atoms with Crippen LogP contribution in [-0.2, 0) is 16.6 Å². The number of sulfonamides is 1. The third kappa shape index (κ3) is 5.35. The molecule has 32 heavy (non-hydrogen) atoms. The molecule has 2 aromatic carbocycles. The molecule has 1 aromatic heterocycles. The zero-order valence-electron chi connectivity index (χ0n) is 18.1. The van der Waals surface area contributed by atoms with Crippen LogP contribution >= 0.6 is 11.3 Å². The van der Waals surface area contributed by atoms with E-state index in [-0.39, 0.29) is 10.8 Å². The molecule has 0 aliphatic carbocycles. The topological polar surface area (TPSA) is 82.6 Å². The molecule has 3 aromatic rings. The molecule has 4 rings (SSSR count). The van der Waals surface area contributed by atoms with Gasteiger partial charge in [-0.2, -0.15) is 0 Å². The Kier molecular flexibility index (Phi) is 6.59. The monoisotopic (exact) mass is 470 g/mol. The molecule has 0 bridgehead atoms. The van der Waals surface area contributed by atoms with Gasteiger partial charge in [0.15, 0.2) is 0 Å². The van der Waals surface area contributed by atoms with Gasteiger partial charge in [-0.05, 0) is 44.2 Å².